The highest BCUT2D eigenvalue weighted by Gasteiger charge is 2.25. The molecule has 148 valence electrons. The van der Waals surface area contributed by atoms with Gasteiger partial charge in [-0.05, 0) is 68.3 Å². The molecule has 1 aliphatic heterocycles. The Morgan fingerprint density at radius 2 is 1.69 bits per heavy atom. The van der Waals surface area contributed by atoms with Crippen LogP contribution in [0.25, 0.3) is 5.69 Å². The summed E-state index contributed by atoms with van der Waals surface area (Å²) in [5.41, 5.74) is 3.60. The summed E-state index contributed by atoms with van der Waals surface area (Å²) in [4.78, 5) is 30.0. The van der Waals surface area contributed by atoms with E-state index in [4.69, 9.17) is 0 Å². The van der Waals surface area contributed by atoms with Crippen molar-refractivity contribution in [2.75, 3.05) is 23.3 Å². The molecule has 1 amide bonds. The smallest absolute Gasteiger partial charge is 0.227 e. The first kappa shape index (κ1) is 18.9. The standard InChI is InChI=1S/C23H24N4O2/c1-17-24-12-15-27(17)22-8-4-20(5-9-22)25-23(29)19-10-13-26(14-11-19)21-6-2-18(16-28)3-7-21/h2-9,12,15-16,19H,10-11,13-14H2,1H3,(H,25,29). The van der Waals surface area contributed by atoms with E-state index in [1.54, 1.807) is 6.20 Å². The Morgan fingerprint density at radius 1 is 1.03 bits per heavy atom. The number of aldehydes is 1. The first-order valence-corrected chi connectivity index (χ1v) is 9.85. The van der Waals surface area contributed by atoms with Gasteiger partial charge in [0.1, 0.15) is 12.1 Å². The van der Waals surface area contributed by atoms with Crippen LogP contribution in [0, 0.1) is 12.8 Å². The minimum Gasteiger partial charge on any atom is -0.371 e. The minimum absolute atomic E-state index is 0.0102. The fourth-order valence-corrected chi connectivity index (χ4v) is 3.76. The number of hydrogen-bond acceptors (Lipinski definition) is 4. The highest BCUT2D eigenvalue weighted by atomic mass is 16.1. The normalized spacial score (nSPS) is 14.6. The number of hydrogen-bond donors (Lipinski definition) is 1. The molecule has 0 radical (unpaired) electrons. The Kier molecular flexibility index (Phi) is 5.42. The maximum Gasteiger partial charge on any atom is 0.227 e. The van der Waals surface area contributed by atoms with Crippen molar-refractivity contribution in [1.82, 2.24) is 9.55 Å². The molecule has 2 heterocycles. The van der Waals surface area contributed by atoms with E-state index < -0.39 is 0 Å². The summed E-state index contributed by atoms with van der Waals surface area (Å²) in [7, 11) is 0. The summed E-state index contributed by atoms with van der Waals surface area (Å²) in [6.45, 7) is 3.62. The molecule has 0 unspecified atom stereocenters. The lowest BCUT2D eigenvalue weighted by atomic mass is 9.95. The van der Waals surface area contributed by atoms with Crippen molar-refractivity contribution in [1.29, 1.82) is 0 Å². The van der Waals surface area contributed by atoms with Crippen LogP contribution in [0.15, 0.2) is 60.9 Å². The van der Waals surface area contributed by atoms with E-state index in [1.165, 1.54) is 0 Å². The molecule has 1 aromatic heterocycles. The van der Waals surface area contributed by atoms with E-state index >= 15 is 0 Å². The molecular formula is C23H24N4O2. The second-order valence-corrected chi connectivity index (χ2v) is 7.35. The van der Waals surface area contributed by atoms with Crippen molar-refractivity contribution in [2.24, 2.45) is 5.92 Å². The van der Waals surface area contributed by atoms with Crippen LogP contribution in [0.1, 0.15) is 29.0 Å². The molecule has 6 heteroatoms. The van der Waals surface area contributed by atoms with E-state index in [0.717, 1.165) is 55.1 Å². The molecule has 1 aliphatic rings. The molecule has 29 heavy (non-hydrogen) atoms. The number of nitrogens with one attached hydrogen (secondary N) is 1. The number of imidazole rings is 1. The molecule has 1 N–H and O–H groups in total. The van der Waals surface area contributed by atoms with Crippen LogP contribution in [0.4, 0.5) is 11.4 Å². The van der Waals surface area contributed by atoms with Crippen LogP contribution < -0.4 is 10.2 Å². The fourth-order valence-electron chi connectivity index (χ4n) is 3.76. The van der Waals surface area contributed by atoms with Gasteiger partial charge in [-0.25, -0.2) is 4.98 Å². The number of aromatic nitrogens is 2. The molecule has 2 aromatic carbocycles. The first-order chi connectivity index (χ1) is 14.1. The van der Waals surface area contributed by atoms with Crippen molar-refractivity contribution >= 4 is 23.6 Å². The summed E-state index contributed by atoms with van der Waals surface area (Å²) >= 11 is 0. The number of rotatable bonds is 5. The van der Waals surface area contributed by atoms with Gasteiger partial charge in [0.25, 0.3) is 0 Å². The number of nitrogens with zero attached hydrogens (tertiary/aromatic N) is 3. The second-order valence-electron chi connectivity index (χ2n) is 7.35. The SMILES string of the molecule is Cc1nccn1-c1ccc(NC(=O)C2CCN(c3ccc(C=O)cc3)CC2)cc1. The van der Waals surface area contributed by atoms with Gasteiger partial charge in [-0.3, -0.25) is 9.59 Å². The van der Waals surface area contributed by atoms with Gasteiger partial charge < -0.3 is 14.8 Å². The third kappa shape index (κ3) is 4.21. The van der Waals surface area contributed by atoms with Crippen LogP contribution in [-0.4, -0.2) is 34.8 Å². The lowest BCUT2D eigenvalue weighted by Gasteiger charge is -2.33. The van der Waals surface area contributed by atoms with E-state index in [-0.39, 0.29) is 11.8 Å². The van der Waals surface area contributed by atoms with Crippen LogP contribution in [0.2, 0.25) is 0 Å². The highest BCUT2D eigenvalue weighted by molar-refractivity contribution is 5.92. The molecule has 0 spiro atoms. The predicted molar refractivity (Wildman–Crippen MR) is 114 cm³/mol. The zero-order valence-corrected chi connectivity index (χ0v) is 16.4. The highest BCUT2D eigenvalue weighted by Crippen LogP contribution is 2.25. The zero-order chi connectivity index (χ0) is 20.2. The zero-order valence-electron chi connectivity index (χ0n) is 16.4. The summed E-state index contributed by atoms with van der Waals surface area (Å²) in [6.07, 6.45) is 6.17. The van der Waals surface area contributed by atoms with Crippen molar-refractivity contribution < 1.29 is 9.59 Å². The third-order valence-corrected chi connectivity index (χ3v) is 5.50. The summed E-state index contributed by atoms with van der Waals surface area (Å²) in [5.74, 6) is 1.01. The molecule has 4 rings (SSSR count). The molecular weight excluding hydrogens is 364 g/mol. The Morgan fingerprint density at radius 3 is 2.28 bits per heavy atom. The topological polar surface area (TPSA) is 67.2 Å². The van der Waals surface area contributed by atoms with Crippen molar-refractivity contribution in [3.05, 3.63) is 72.3 Å². The van der Waals surface area contributed by atoms with Crippen molar-refractivity contribution in [3.8, 4) is 5.69 Å². The van der Waals surface area contributed by atoms with Crippen LogP contribution in [-0.2, 0) is 4.79 Å². The molecule has 0 bridgehead atoms. The summed E-state index contributed by atoms with van der Waals surface area (Å²) < 4.78 is 2.00. The molecule has 1 saturated heterocycles. The fraction of sp³-hybridized carbons (Fsp3) is 0.261. The van der Waals surface area contributed by atoms with Gasteiger partial charge in [-0.1, -0.05) is 0 Å². The van der Waals surface area contributed by atoms with Gasteiger partial charge in [-0.2, -0.15) is 0 Å². The number of aryl methyl sites for hydroxylation is 1. The van der Waals surface area contributed by atoms with Gasteiger partial charge in [0.15, 0.2) is 0 Å². The van der Waals surface area contributed by atoms with Gasteiger partial charge in [0.2, 0.25) is 5.91 Å². The minimum atomic E-state index is 0.0102. The number of anilines is 2. The molecule has 0 saturated carbocycles. The summed E-state index contributed by atoms with van der Waals surface area (Å²) in [6, 6.07) is 15.4. The molecule has 3 aromatic rings. The molecule has 0 aliphatic carbocycles. The van der Waals surface area contributed by atoms with E-state index in [0.29, 0.717) is 5.56 Å². The second kappa shape index (κ2) is 8.31. The monoisotopic (exact) mass is 388 g/mol. The molecule has 6 nitrogen and oxygen atoms in total. The van der Waals surface area contributed by atoms with Crippen LogP contribution in [0.3, 0.4) is 0 Å². The van der Waals surface area contributed by atoms with Crippen molar-refractivity contribution in [2.45, 2.75) is 19.8 Å². The van der Waals surface area contributed by atoms with Crippen LogP contribution >= 0.6 is 0 Å². The summed E-state index contributed by atoms with van der Waals surface area (Å²) in [5, 5.41) is 3.05. The maximum absolute atomic E-state index is 12.7. The number of amides is 1. The van der Waals surface area contributed by atoms with E-state index in [9.17, 15) is 9.59 Å². The van der Waals surface area contributed by atoms with Crippen molar-refractivity contribution in [3.63, 3.8) is 0 Å². The average molecular weight is 388 g/mol. The van der Waals surface area contributed by atoms with Gasteiger partial charge in [0.05, 0.1) is 0 Å². The van der Waals surface area contributed by atoms with Gasteiger partial charge in [-0.15, -0.1) is 0 Å². The Labute approximate surface area is 170 Å². The molecule has 1 fully saturated rings. The Hall–Kier alpha value is -3.41. The van der Waals surface area contributed by atoms with E-state index in [2.05, 4.69) is 15.2 Å². The average Bonchev–Trinajstić information content (AvgIpc) is 3.20. The maximum atomic E-state index is 12.7. The van der Waals surface area contributed by atoms with Crippen LogP contribution in [0.5, 0.6) is 0 Å². The van der Waals surface area contributed by atoms with Gasteiger partial charge >= 0.3 is 0 Å². The number of benzene rings is 2. The Balaban J connectivity index is 1.32. The lowest BCUT2D eigenvalue weighted by molar-refractivity contribution is -0.120. The number of piperidine rings is 1. The number of carbonyl (C=O) groups excluding carboxylic acids is 2. The third-order valence-electron chi connectivity index (χ3n) is 5.50. The van der Waals surface area contributed by atoms with Gasteiger partial charge in [0, 0.05) is 54.0 Å². The Bertz CT molecular complexity index is 984. The predicted octanol–water partition coefficient (Wildman–Crippen LogP) is 3.85. The van der Waals surface area contributed by atoms with E-state index in [1.807, 2.05) is 66.2 Å². The first-order valence-electron chi connectivity index (χ1n) is 9.85. The lowest BCUT2D eigenvalue weighted by Crippen LogP contribution is -2.38. The molecule has 0 atom stereocenters. The number of carbonyl (C=O) groups is 2. The largest absolute Gasteiger partial charge is 0.371 e. The quantitative estimate of drug-likeness (QED) is 0.674.